The summed E-state index contributed by atoms with van der Waals surface area (Å²) in [6, 6.07) is 8.55. The van der Waals surface area contributed by atoms with Crippen LogP contribution in [0.25, 0.3) is 0 Å². The van der Waals surface area contributed by atoms with Crippen LogP contribution in [-0.4, -0.2) is 56.3 Å². The summed E-state index contributed by atoms with van der Waals surface area (Å²) in [5.41, 5.74) is 6.73. The topological polar surface area (TPSA) is 54.1 Å². The molecule has 108 valence electrons. The molecule has 0 aliphatic carbocycles. The average molecular weight is 295 g/mol. The molecular weight excluding hydrogens is 276 g/mol. The number of nitrogens with two attached hydrogens (primary N) is 1. The molecule has 0 radical (unpaired) electrons. The molecule has 1 atom stereocenters. The number of piperazine rings is 1. The summed E-state index contributed by atoms with van der Waals surface area (Å²) in [7, 11) is 0. The van der Waals surface area contributed by atoms with E-state index in [-0.39, 0.29) is 6.04 Å². The van der Waals surface area contributed by atoms with Gasteiger partial charge in [0.15, 0.2) is 0 Å². The minimum absolute atomic E-state index is 0.188. The van der Waals surface area contributed by atoms with Gasteiger partial charge in [0.2, 0.25) is 0 Å². The van der Waals surface area contributed by atoms with Gasteiger partial charge in [-0.25, -0.2) is 4.99 Å². The Balaban J connectivity index is 1.52. The zero-order chi connectivity index (χ0) is 13.9. The molecule has 2 N–H and O–H groups in total. The number of nitrogens with zero attached hydrogens (tertiary/aromatic N) is 3. The standard InChI is InChI=1S/C14H19ClN4O/c15-11-2-1-3-13(8-11)19-6-4-18(5-7-19)9-12-10-20-14(16)17-12/h1-3,8,12H,4-7,9-10H2,(H2,16,17). The molecule has 20 heavy (non-hydrogen) atoms. The molecular formula is C14H19ClN4O. The lowest BCUT2D eigenvalue weighted by molar-refractivity contribution is 0.219. The average Bonchev–Trinajstić information content (AvgIpc) is 2.85. The van der Waals surface area contributed by atoms with E-state index in [4.69, 9.17) is 22.1 Å². The number of aliphatic imine (C=N–C) groups is 1. The van der Waals surface area contributed by atoms with Gasteiger partial charge in [0.25, 0.3) is 6.02 Å². The van der Waals surface area contributed by atoms with Crippen molar-refractivity contribution in [2.45, 2.75) is 6.04 Å². The number of amidine groups is 1. The van der Waals surface area contributed by atoms with Crippen molar-refractivity contribution in [2.24, 2.45) is 10.7 Å². The van der Waals surface area contributed by atoms with Crippen molar-refractivity contribution in [3.05, 3.63) is 29.3 Å². The predicted octanol–water partition coefficient (Wildman–Crippen LogP) is 1.18. The van der Waals surface area contributed by atoms with Crippen molar-refractivity contribution in [2.75, 3.05) is 44.2 Å². The predicted molar refractivity (Wildman–Crippen MR) is 81.5 cm³/mol. The maximum Gasteiger partial charge on any atom is 0.282 e. The first kappa shape index (κ1) is 13.5. The molecule has 2 aliphatic rings. The highest BCUT2D eigenvalue weighted by Gasteiger charge is 2.23. The van der Waals surface area contributed by atoms with Crippen molar-refractivity contribution in [3.63, 3.8) is 0 Å². The molecule has 0 saturated carbocycles. The van der Waals surface area contributed by atoms with E-state index in [0.717, 1.165) is 37.7 Å². The third-order valence-electron chi connectivity index (χ3n) is 3.75. The van der Waals surface area contributed by atoms with Crippen LogP contribution in [0.15, 0.2) is 29.3 Å². The third-order valence-corrected chi connectivity index (χ3v) is 3.98. The van der Waals surface area contributed by atoms with Crippen molar-refractivity contribution < 1.29 is 4.74 Å². The molecule has 1 aromatic carbocycles. The van der Waals surface area contributed by atoms with E-state index < -0.39 is 0 Å². The first-order valence-electron chi connectivity index (χ1n) is 6.89. The molecule has 2 heterocycles. The van der Waals surface area contributed by atoms with Gasteiger partial charge in [-0.2, -0.15) is 0 Å². The van der Waals surface area contributed by atoms with Crippen LogP contribution in [-0.2, 0) is 4.74 Å². The lowest BCUT2D eigenvalue weighted by Crippen LogP contribution is -2.48. The van der Waals surface area contributed by atoms with Crippen LogP contribution < -0.4 is 10.6 Å². The van der Waals surface area contributed by atoms with E-state index in [1.54, 1.807) is 0 Å². The number of hydrogen-bond donors (Lipinski definition) is 1. The molecule has 2 aliphatic heterocycles. The highest BCUT2D eigenvalue weighted by molar-refractivity contribution is 6.30. The SMILES string of the molecule is NC1=NC(CN2CCN(c3cccc(Cl)c3)CC2)CO1. The van der Waals surface area contributed by atoms with Crippen LogP contribution in [0.1, 0.15) is 0 Å². The minimum atomic E-state index is 0.188. The Morgan fingerprint density at radius 1 is 1.30 bits per heavy atom. The van der Waals surface area contributed by atoms with Crippen LogP contribution >= 0.6 is 11.6 Å². The Bertz CT molecular complexity index is 500. The van der Waals surface area contributed by atoms with E-state index in [2.05, 4.69) is 20.9 Å². The summed E-state index contributed by atoms with van der Waals surface area (Å²) in [5.74, 6) is 0. The maximum atomic E-state index is 6.04. The molecule has 1 unspecified atom stereocenters. The van der Waals surface area contributed by atoms with Crippen LogP contribution in [0.3, 0.4) is 0 Å². The summed E-state index contributed by atoms with van der Waals surface area (Å²) >= 11 is 6.04. The van der Waals surface area contributed by atoms with Gasteiger partial charge in [0.1, 0.15) is 12.6 Å². The number of rotatable bonds is 3. The molecule has 1 aromatic rings. The Labute approximate surface area is 124 Å². The number of hydrogen-bond acceptors (Lipinski definition) is 5. The number of halogens is 1. The quantitative estimate of drug-likeness (QED) is 0.909. The van der Waals surface area contributed by atoms with Gasteiger partial charge < -0.3 is 15.4 Å². The second-order valence-corrected chi connectivity index (χ2v) is 5.64. The zero-order valence-electron chi connectivity index (χ0n) is 11.3. The third kappa shape index (κ3) is 3.16. The second kappa shape index (κ2) is 5.89. The smallest absolute Gasteiger partial charge is 0.282 e. The van der Waals surface area contributed by atoms with Crippen molar-refractivity contribution >= 4 is 23.3 Å². The molecule has 0 bridgehead atoms. The van der Waals surface area contributed by atoms with E-state index in [1.807, 2.05) is 18.2 Å². The first-order valence-corrected chi connectivity index (χ1v) is 7.27. The molecule has 5 nitrogen and oxygen atoms in total. The van der Waals surface area contributed by atoms with E-state index in [0.29, 0.717) is 12.6 Å². The van der Waals surface area contributed by atoms with Crippen molar-refractivity contribution in [3.8, 4) is 0 Å². The van der Waals surface area contributed by atoms with Gasteiger partial charge in [-0.1, -0.05) is 17.7 Å². The fourth-order valence-electron chi connectivity index (χ4n) is 2.69. The summed E-state index contributed by atoms with van der Waals surface area (Å²) in [6.07, 6.45) is 0. The van der Waals surface area contributed by atoms with E-state index >= 15 is 0 Å². The fourth-order valence-corrected chi connectivity index (χ4v) is 2.87. The van der Waals surface area contributed by atoms with Crippen LogP contribution in [0.5, 0.6) is 0 Å². The Hall–Kier alpha value is -1.46. The highest BCUT2D eigenvalue weighted by Crippen LogP contribution is 2.21. The normalized spacial score (nSPS) is 23.6. The van der Waals surface area contributed by atoms with Gasteiger partial charge in [-0.15, -0.1) is 0 Å². The van der Waals surface area contributed by atoms with Crippen molar-refractivity contribution in [1.29, 1.82) is 0 Å². The van der Waals surface area contributed by atoms with E-state index in [9.17, 15) is 0 Å². The molecule has 3 rings (SSSR count). The van der Waals surface area contributed by atoms with Gasteiger partial charge in [0.05, 0.1) is 0 Å². The van der Waals surface area contributed by atoms with Crippen LogP contribution in [0.4, 0.5) is 5.69 Å². The number of benzene rings is 1. The summed E-state index contributed by atoms with van der Waals surface area (Å²) in [4.78, 5) is 9.05. The van der Waals surface area contributed by atoms with Gasteiger partial charge >= 0.3 is 0 Å². The van der Waals surface area contributed by atoms with Gasteiger partial charge in [-0.3, -0.25) is 4.90 Å². The largest absolute Gasteiger partial charge is 0.463 e. The Morgan fingerprint density at radius 3 is 2.75 bits per heavy atom. The lowest BCUT2D eigenvalue weighted by Gasteiger charge is -2.36. The van der Waals surface area contributed by atoms with Gasteiger partial charge in [-0.05, 0) is 18.2 Å². The number of ether oxygens (including phenoxy) is 1. The monoisotopic (exact) mass is 294 g/mol. The zero-order valence-corrected chi connectivity index (χ0v) is 12.1. The molecule has 1 saturated heterocycles. The molecule has 1 fully saturated rings. The first-order chi connectivity index (χ1) is 9.70. The van der Waals surface area contributed by atoms with Crippen LogP contribution in [0, 0.1) is 0 Å². The van der Waals surface area contributed by atoms with Crippen molar-refractivity contribution in [1.82, 2.24) is 4.90 Å². The minimum Gasteiger partial charge on any atom is -0.463 e. The molecule has 0 spiro atoms. The lowest BCUT2D eigenvalue weighted by atomic mass is 10.2. The van der Waals surface area contributed by atoms with Crippen LogP contribution in [0.2, 0.25) is 5.02 Å². The van der Waals surface area contributed by atoms with Gasteiger partial charge in [0, 0.05) is 43.4 Å². The second-order valence-electron chi connectivity index (χ2n) is 5.20. The molecule has 6 heteroatoms. The number of anilines is 1. The molecule has 0 amide bonds. The highest BCUT2D eigenvalue weighted by atomic mass is 35.5. The summed E-state index contributed by atoms with van der Waals surface area (Å²) < 4.78 is 5.19. The maximum absolute atomic E-state index is 6.04. The summed E-state index contributed by atoms with van der Waals surface area (Å²) in [6.45, 7) is 5.60. The fraction of sp³-hybridized carbons (Fsp3) is 0.500. The summed E-state index contributed by atoms with van der Waals surface area (Å²) in [5, 5.41) is 0.790. The Kier molecular flexibility index (Phi) is 3.98. The van der Waals surface area contributed by atoms with E-state index in [1.165, 1.54) is 5.69 Å². The Morgan fingerprint density at radius 2 is 2.10 bits per heavy atom. The molecule has 0 aromatic heterocycles.